The van der Waals surface area contributed by atoms with E-state index < -0.39 is 0 Å². The van der Waals surface area contributed by atoms with E-state index >= 15 is 0 Å². The SMILES string of the molecule is CCC(C)(C)NC1=C(Nc2ccnc(Nc3ccc(-c4ccccc4)cc3)n2)CC1. The fraction of sp³-hybridized carbons (Fsp3) is 0.280. The van der Waals surface area contributed by atoms with Gasteiger partial charge in [0.25, 0.3) is 0 Å². The standard InChI is InChI=1S/C25H29N5/c1-4-25(2,3)30-22-15-14-21(22)28-23-16-17-26-24(29-23)27-20-12-10-19(11-13-20)18-8-6-5-7-9-18/h5-13,16-17,30H,4,14-15H2,1-3H3,(H2,26,27,28,29). The summed E-state index contributed by atoms with van der Waals surface area (Å²) in [5, 5.41) is 10.4. The number of hydrogen-bond acceptors (Lipinski definition) is 5. The molecule has 0 atom stereocenters. The van der Waals surface area contributed by atoms with Gasteiger partial charge < -0.3 is 16.0 Å². The molecular formula is C25H29N5. The van der Waals surface area contributed by atoms with Crippen molar-refractivity contribution in [1.29, 1.82) is 0 Å². The molecule has 2 aromatic carbocycles. The zero-order valence-electron chi connectivity index (χ0n) is 17.9. The van der Waals surface area contributed by atoms with Crippen molar-refractivity contribution in [2.24, 2.45) is 0 Å². The molecule has 1 aromatic heterocycles. The number of rotatable bonds is 8. The van der Waals surface area contributed by atoms with Gasteiger partial charge in [-0.15, -0.1) is 0 Å². The number of aromatic nitrogens is 2. The van der Waals surface area contributed by atoms with Crippen LogP contribution in [0.1, 0.15) is 40.0 Å². The molecule has 3 N–H and O–H groups in total. The van der Waals surface area contributed by atoms with Crippen LogP contribution >= 0.6 is 0 Å². The third-order valence-electron chi connectivity index (χ3n) is 5.55. The van der Waals surface area contributed by atoms with Crippen LogP contribution in [0.3, 0.4) is 0 Å². The van der Waals surface area contributed by atoms with Crippen LogP contribution in [0.2, 0.25) is 0 Å². The van der Waals surface area contributed by atoms with Crippen LogP contribution in [-0.2, 0) is 0 Å². The molecular weight excluding hydrogens is 370 g/mol. The second kappa shape index (κ2) is 8.57. The molecule has 0 amide bonds. The van der Waals surface area contributed by atoms with Crippen molar-refractivity contribution in [2.75, 3.05) is 10.6 Å². The lowest BCUT2D eigenvalue weighted by Gasteiger charge is -2.34. The van der Waals surface area contributed by atoms with Crippen molar-refractivity contribution < 1.29 is 0 Å². The van der Waals surface area contributed by atoms with Crippen molar-refractivity contribution >= 4 is 17.5 Å². The van der Waals surface area contributed by atoms with Gasteiger partial charge in [0, 0.05) is 28.8 Å². The molecule has 0 bridgehead atoms. The van der Waals surface area contributed by atoms with E-state index in [2.05, 4.69) is 95.2 Å². The Hall–Kier alpha value is -3.34. The molecule has 4 rings (SSSR count). The minimum atomic E-state index is 0.104. The number of benzene rings is 2. The molecule has 3 aromatic rings. The minimum absolute atomic E-state index is 0.104. The Bertz CT molecular complexity index is 1020. The van der Waals surface area contributed by atoms with E-state index in [4.69, 9.17) is 0 Å². The van der Waals surface area contributed by atoms with E-state index in [9.17, 15) is 0 Å². The first-order valence-corrected chi connectivity index (χ1v) is 10.6. The molecule has 0 saturated heterocycles. The van der Waals surface area contributed by atoms with E-state index in [1.807, 2.05) is 12.1 Å². The lowest BCUT2D eigenvalue weighted by Crippen LogP contribution is -2.41. The molecule has 154 valence electrons. The summed E-state index contributed by atoms with van der Waals surface area (Å²) in [6.07, 6.45) is 4.97. The third kappa shape index (κ3) is 4.79. The summed E-state index contributed by atoms with van der Waals surface area (Å²) >= 11 is 0. The van der Waals surface area contributed by atoms with Gasteiger partial charge in [0.05, 0.1) is 0 Å². The Morgan fingerprint density at radius 3 is 2.20 bits per heavy atom. The Labute approximate surface area is 178 Å². The predicted molar refractivity (Wildman–Crippen MR) is 125 cm³/mol. The molecule has 0 aliphatic heterocycles. The average Bonchev–Trinajstić information content (AvgIpc) is 2.77. The Balaban J connectivity index is 1.43. The smallest absolute Gasteiger partial charge is 0.229 e. The normalized spacial score (nSPS) is 13.6. The second-order valence-electron chi connectivity index (χ2n) is 8.28. The average molecular weight is 400 g/mol. The van der Waals surface area contributed by atoms with Crippen molar-refractivity contribution in [1.82, 2.24) is 15.3 Å². The number of hydrogen-bond donors (Lipinski definition) is 3. The molecule has 1 aliphatic carbocycles. The molecule has 0 saturated carbocycles. The largest absolute Gasteiger partial charge is 0.382 e. The molecule has 0 fully saturated rings. The maximum absolute atomic E-state index is 4.63. The zero-order chi connectivity index (χ0) is 21.0. The van der Waals surface area contributed by atoms with Gasteiger partial charge in [-0.25, -0.2) is 4.98 Å². The van der Waals surface area contributed by atoms with Crippen LogP contribution in [0.25, 0.3) is 11.1 Å². The van der Waals surface area contributed by atoms with Crippen molar-refractivity contribution in [3.8, 4) is 11.1 Å². The van der Waals surface area contributed by atoms with Gasteiger partial charge in [0.1, 0.15) is 5.82 Å². The monoisotopic (exact) mass is 399 g/mol. The Morgan fingerprint density at radius 1 is 0.833 bits per heavy atom. The topological polar surface area (TPSA) is 61.9 Å². The first kappa shape index (κ1) is 20.0. The van der Waals surface area contributed by atoms with Crippen molar-refractivity contribution in [3.63, 3.8) is 0 Å². The Morgan fingerprint density at radius 2 is 1.53 bits per heavy atom. The van der Waals surface area contributed by atoms with Crippen LogP contribution in [0.5, 0.6) is 0 Å². The van der Waals surface area contributed by atoms with E-state index in [0.717, 1.165) is 30.8 Å². The second-order valence-corrected chi connectivity index (χ2v) is 8.28. The number of allylic oxidation sites excluding steroid dienone is 2. The summed E-state index contributed by atoms with van der Waals surface area (Å²) in [6.45, 7) is 6.66. The maximum Gasteiger partial charge on any atom is 0.229 e. The maximum atomic E-state index is 4.63. The first-order valence-electron chi connectivity index (χ1n) is 10.6. The van der Waals surface area contributed by atoms with Gasteiger partial charge in [0.2, 0.25) is 5.95 Å². The lowest BCUT2D eigenvalue weighted by molar-refractivity contribution is 0.395. The van der Waals surface area contributed by atoms with Gasteiger partial charge in [-0.1, -0.05) is 49.4 Å². The molecule has 1 aliphatic rings. The molecule has 1 heterocycles. The fourth-order valence-corrected chi connectivity index (χ4v) is 3.30. The number of anilines is 3. The highest BCUT2D eigenvalue weighted by Crippen LogP contribution is 2.29. The Kier molecular flexibility index (Phi) is 5.70. The summed E-state index contributed by atoms with van der Waals surface area (Å²) < 4.78 is 0. The zero-order valence-corrected chi connectivity index (χ0v) is 17.9. The van der Waals surface area contributed by atoms with Gasteiger partial charge >= 0.3 is 0 Å². The van der Waals surface area contributed by atoms with Crippen LogP contribution in [0.4, 0.5) is 17.5 Å². The number of nitrogens with one attached hydrogen (secondary N) is 3. The summed E-state index contributed by atoms with van der Waals surface area (Å²) in [7, 11) is 0. The molecule has 5 heteroatoms. The van der Waals surface area contributed by atoms with Crippen molar-refractivity contribution in [2.45, 2.75) is 45.6 Å². The van der Waals surface area contributed by atoms with Gasteiger partial charge in [-0.2, -0.15) is 4.98 Å². The third-order valence-corrected chi connectivity index (χ3v) is 5.55. The first-order chi connectivity index (χ1) is 14.5. The lowest BCUT2D eigenvalue weighted by atomic mass is 9.95. The molecule has 0 unspecified atom stereocenters. The van der Waals surface area contributed by atoms with E-state index in [-0.39, 0.29) is 5.54 Å². The van der Waals surface area contributed by atoms with Crippen LogP contribution in [0.15, 0.2) is 78.3 Å². The highest BCUT2D eigenvalue weighted by atomic mass is 15.1. The highest BCUT2D eigenvalue weighted by Gasteiger charge is 2.23. The van der Waals surface area contributed by atoms with Crippen LogP contribution in [0, 0.1) is 0 Å². The van der Waals surface area contributed by atoms with E-state index in [1.165, 1.54) is 22.5 Å². The molecule has 5 nitrogen and oxygen atoms in total. The number of nitrogens with zero attached hydrogens (tertiary/aromatic N) is 2. The summed E-state index contributed by atoms with van der Waals surface area (Å²) in [5.74, 6) is 1.38. The molecule has 0 spiro atoms. The summed E-state index contributed by atoms with van der Waals surface area (Å²) in [4.78, 5) is 8.99. The summed E-state index contributed by atoms with van der Waals surface area (Å²) in [5.41, 5.74) is 5.95. The fourth-order valence-electron chi connectivity index (χ4n) is 3.30. The highest BCUT2D eigenvalue weighted by molar-refractivity contribution is 5.67. The predicted octanol–water partition coefficient (Wildman–Crippen LogP) is 6.08. The van der Waals surface area contributed by atoms with E-state index in [0.29, 0.717) is 5.95 Å². The van der Waals surface area contributed by atoms with Gasteiger partial charge in [-0.3, -0.25) is 0 Å². The van der Waals surface area contributed by atoms with E-state index in [1.54, 1.807) is 6.20 Å². The molecule has 0 radical (unpaired) electrons. The van der Waals surface area contributed by atoms with Crippen molar-refractivity contribution in [3.05, 3.63) is 78.3 Å². The van der Waals surface area contributed by atoms with Gasteiger partial charge in [0.15, 0.2) is 0 Å². The van der Waals surface area contributed by atoms with Crippen LogP contribution in [-0.4, -0.2) is 15.5 Å². The quantitative estimate of drug-likeness (QED) is 0.428. The molecule has 30 heavy (non-hydrogen) atoms. The van der Waals surface area contributed by atoms with Gasteiger partial charge in [-0.05, 0) is 62.4 Å². The summed E-state index contributed by atoms with van der Waals surface area (Å²) in [6, 6.07) is 20.6. The van der Waals surface area contributed by atoms with Crippen LogP contribution < -0.4 is 16.0 Å². The minimum Gasteiger partial charge on any atom is -0.382 e.